The summed E-state index contributed by atoms with van der Waals surface area (Å²) in [6.07, 6.45) is 0. The van der Waals surface area contributed by atoms with Crippen molar-refractivity contribution in [2.75, 3.05) is 14.1 Å². The van der Waals surface area contributed by atoms with E-state index in [1.165, 1.54) is 4.90 Å². The first-order valence-electron chi connectivity index (χ1n) is 3.87. The number of nitriles is 1. The minimum Gasteiger partial charge on any atom is -0.345 e. The van der Waals surface area contributed by atoms with Crippen molar-refractivity contribution in [3.05, 3.63) is 35.4 Å². The minimum absolute atomic E-state index is 0.0860. The standard InChI is InChI=1S/C10H10N2O/c1-12(2)10(13)9-5-3-4-8(6-9)7-11/h3-6H,1-2H3. The van der Waals surface area contributed by atoms with Gasteiger partial charge < -0.3 is 4.90 Å². The summed E-state index contributed by atoms with van der Waals surface area (Å²) < 4.78 is 0. The van der Waals surface area contributed by atoms with Crippen LogP contribution in [0.15, 0.2) is 24.3 Å². The highest BCUT2D eigenvalue weighted by Gasteiger charge is 2.07. The Kier molecular flexibility index (Phi) is 2.65. The maximum Gasteiger partial charge on any atom is 0.253 e. The van der Waals surface area contributed by atoms with E-state index in [4.69, 9.17) is 5.26 Å². The molecule has 0 saturated heterocycles. The Hall–Kier alpha value is -1.82. The molecule has 0 aliphatic heterocycles. The lowest BCUT2D eigenvalue weighted by molar-refractivity contribution is 0.0827. The van der Waals surface area contributed by atoms with Gasteiger partial charge in [0.25, 0.3) is 5.91 Å². The first-order valence-corrected chi connectivity index (χ1v) is 3.87. The number of hydrogen-bond donors (Lipinski definition) is 0. The minimum atomic E-state index is -0.0860. The molecule has 0 saturated carbocycles. The van der Waals surface area contributed by atoms with Crippen molar-refractivity contribution in [2.24, 2.45) is 0 Å². The van der Waals surface area contributed by atoms with Gasteiger partial charge >= 0.3 is 0 Å². The van der Waals surface area contributed by atoms with E-state index in [2.05, 4.69) is 0 Å². The summed E-state index contributed by atoms with van der Waals surface area (Å²) in [6, 6.07) is 8.65. The Labute approximate surface area is 77.2 Å². The van der Waals surface area contributed by atoms with E-state index in [1.807, 2.05) is 6.07 Å². The first kappa shape index (κ1) is 9.27. The first-order chi connectivity index (χ1) is 6.15. The van der Waals surface area contributed by atoms with Crippen molar-refractivity contribution < 1.29 is 4.79 Å². The van der Waals surface area contributed by atoms with Crippen LogP contribution in [-0.2, 0) is 0 Å². The molecule has 1 amide bonds. The van der Waals surface area contributed by atoms with Crippen LogP contribution in [0, 0.1) is 11.3 Å². The lowest BCUT2D eigenvalue weighted by Gasteiger charge is -2.09. The molecular formula is C10H10N2O. The van der Waals surface area contributed by atoms with Gasteiger partial charge in [-0.1, -0.05) is 6.07 Å². The van der Waals surface area contributed by atoms with Crippen LogP contribution in [0.1, 0.15) is 15.9 Å². The summed E-state index contributed by atoms with van der Waals surface area (Å²) in [6.45, 7) is 0. The third kappa shape index (κ3) is 2.06. The van der Waals surface area contributed by atoms with Gasteiger partial charge in [0.15, 0.2) is 0 Å². The number of rotatable bonds is 1. The van der Waals surface area contributed by atoms with Crippen LogP contribution >= 0.6 is 0 Å². The van der Waals surface area contributed by atoms with Gasteiger partial charge in [0.05, 0.1) is 11.6 Å². The number of amides is 1. The predicted molar refractivity (Wildman–Crippen MR) is 49.2 cm³/mol. The van der Waals surface area contributed by atoms with Gasteiger partial charge in [-0.2, -0.15) is 5.26 Å². The summed E-state index contributed by atoms with van der Waals surface area (Å²) >= 11 is 0. The van der Waals surface area contributed by atoms with Crippen molar-refractivity contribution in [2.45, 2.75) is 0 Å². The lowest BCUT2D eigenvalue weighted by Crippen LogP contribution is -2.21. The molecule has 0 radical (unpaired) electrons. The topological polar surface area (TPSA) is 44.1 Å². The molecule has 0 unspecified atom stereocenters. The molecule has 1 aromatic rings. The average Bonchev–Trinajstić information content (AvgIpc) is 2.16. The SMILES string of the molecule is CN(C)C(=O)c1cccc(C#N)c1. The Morgan fingerprint density at radius 3 is 2.69 bits per heavy atom. The van der Waals surface area contributed by atoms with Crippen LogP contribution in [0.3, 0.4) is 0 Å². The molecule has 0 atom stereocenters. The molecule has 0 N–H and O–H groups in total. The third-order valence-corrected chi connectivity index (χ3v) is 1.64. The van der Waals surface area contributed by atoms with Crippen molar-refractivity contribution in [1.29, 1.82) is 5.26 Å². The molecule has 3 nitrogen and oxygen atoms in total. The number of carbonyl (C=O) groups is 1. The number of carbonyl (C=O) groups excluding carboxylic acids is 1. The van der Waals surface area contributed by atoms with Gasteiger partial charge in [-0.15, -0.1) is 0 Å². The van der Waals surface area contributed by atoms with E-state index < -0.39 is 0 Å². The highest BCUT2D eigenvalue weighted by atomic mass is 16.2. The van der Waals surface area contributed by atoms with Gasteiger partial charge in [-0.25, -0.2) is 0 Å². The fourth-order valence-electron chi connectivity index (χ4n) is 0.980. The number of benzene rings is 1. The van der Waals surface area contributed by atoms with Crippen LogP contribution in [0.2, 0.25) is 0 Å². The van der Waals surface area contributed by atoms with E-state index in [1.54, 1.807) is 38.4 Å². The van der Waals surface area contributed by atoms with Gasteiger partial charge in [0.1, 0.15) is 0 Å². The summed E-state index contributed by atoms with van der Waals surface area (Å²) in [7, 11) is 3.36. The molecule has 0 heterocycles. The summed E-state index contributed by atoms with van der Waals surface area (Å²) in [5.74, 6) is -0.0860. The maximum absolute atomic E-state index is 11.4. The quantitative estimate of drug-likeness (QED) is 0.643. The molecule has 13 heavy (non-hydrogen) atoms. The second kappa shape index (κ2) is 3.72. The monoisotopic (exact) mass is 174 g/mol. The maximum atomic E-state index is 11.4. The smallest absolute Gasteiger partial charge is 0.253 e. The van der Waals surface area contributed by atoms with Gasteiger partial charge in [-0.3, -0.25) is 4.79 Å². The number of hydrogen-bond acceptors (Lipinski definition) is 2. The molecule has 0 spiro atoms. The van der Waals surface area contributed by atoms with E-state index in [0.717, 1.165) is 0 Å². The van der Waals surface area contributed by atoms with E-state index >= 15 is 0 Å². The largest absolute Gasteiger partial charge is 0.345 e. The van der Waals surface area contributed by atoms with Gasteiger partial charge in [-0.05, 0) is 18.2 Å². The Morgan fingerprint density at radius 1 is 1.46 bits per heavy atom. The molecule has 0 aliphatic carbocycles. The molecule has 1 rings (SSSR count). The predicted octanol–water partition coefficient (Wildman–Crippen LogP) is 1.26. The van der Waals surface area contributed by atoms with Crippen molar-refractivity contribution in [3.63, 3.8) is 0 Å². The van der Waals surface area contributed by atoms with Crippen LogP contribution in [0.5, 0.6) is 0 Å². The summed E-state index contributed by atoms with van der Waals surface area (Å²) in [5.41, 5.74) is 1.05. The molecule has 0 aliphatic rings. The fraction of sp³-hybridized carbons (Fsp3) is 0.200. The molecule has 66 valence electrons. The zero-order valence-corrected chi connectivity index (χ0v) is 7.61. The molecular weight excluding hydrogens is 164 g/mol. The Bertz CT molecular complexity index is 363. The molecule has 0 bridgehead atoms. The normalized spacial score (nSPS) is 9.00. The van der Waals surface area contributed by atoms with E-state index in [-0.39, 0.29) is 5.91 Å². The molecule has 0 fully saturated rings. The Balaban J connectivity index is 3.04. The average molecular weight is 174 g/mol. The van der Waals surface area contributed by atoms with Crippen molar-refractivity contribution >= 4 is 5.91 Å². The van der Waals surface area contributed by atoms with Crippen LogP contribution in [0.25, 0.3) is 0 Å². The highest BCUT2D eigenvalue weighted by Crippen LogP contribution is 2.05. The van der Waals surface area contributed by atoms with Crippen molar-refractivity contribution in [3.8, 4) is 6.07 Å². The Morgan fingerprint density at radius 2 is 2.15 bits per heavy atom. The molecule has 3 heteroatoms. The summed E-state index contributed by atoms with van der Waals surface area (Å²) in [4.78, 5) is 12.9. The second-order valence-electron chi connectivity index (χ2n) is 2.89. The molecule has 0 aromatic heterocycles. The van der Waals surface area contributed by atoms with E-state index in [0.29, 0.717) is 11.1 Å². The molecule has 1 aromatic carbocycles. The van der Waals surface area contributed by atoms with Gasteiger partial charge in [0.2, 0.25) is 0 Å². The van der Waals surface area contributed by atoms with Crippen molar-refractivity contribution in [1.82, 2.24) is 4.90 Å². The second-order valence-corrected chi connectivity index (χ2v) is 2.89. The fourth-order valence-corrected chi connectivity index (χ4v) is 0.980. The zero-order chi connectivity index (χ0) is 9.84. The number of nitrogens with zero attached hydrogens (tertiary/aromatic N) is 2. The summed E-state index contributed by atoms with van der Waals surface area (Å²) in [5, 5.41) is 8.61. The van der Waals surface area contributed by atoms with Gasteiger partial charge in [0, 0.05) is 19.7 Å². The third-order valence-electron chi connectivity index (χ3n) is 1.64. The van der Waals surface area contributed by atoms with Crippen LogP contribution in [-0.4, -0.2) is 24.9 Å². The van der Waals surface area contributed by atoms with E-state index in [9.17, 15) is 4.79 Å². The highest BCUT2D eigenvalue weighted by molar-refractivity contribution is 5.94. The zero-order valence-electron chi connectivity index (χ0n) is 7.61. The lowest BCUT2D eigenvalue weighted by atomic mass is 10.1. The van der Waals surface area contributed by atoms with Crippen LogP contribution in [0.4, 0.5) is 0 Å². The van der Waals surface area contributed by atoms with Crippen LogP contribution < -0.4 is 0 Å².